The zero-order chi connectivity index (χ0) is 13.9. The molecule has 2 heterocycles. The predicted molar refractivity (Wildman–Crippen MR) is 77.6 cm³/mol. The Kier molecular flexibility index (Phi) is 3.56. The van der Waals surface area contributed by atoms with E-state index < -0.39 is 0 Å². The van der Waals surface area contributed by atoms with Crippen molar-refractivity contribution in [2.45, 2.75) is 25.8 Å². The third kappa shape index (κ3) is 2.34. The summed E-state index contributed by atoms with van der Waals surface area (Å²) < 4.78 is 11.3. The van der Waals surface area contributed by atoms with Crippen molar-refractivity contribution in [3.63, 3.8) is 0 Å². The molecule has 0 spiro atoms. The van der Waals surface area contributed by atoms with Gasteiger partial charge < -0.3 is 14.2 Å². The summed E-state index contributed by atoms with van der Waals surface area (Å²) >= 11 is 0. The van der Waals surface area contributed by atoms with E-state index in [4.69, 9.17) is 8.83 Å². The largest absolute Gasteiger partial charge is 0.469 e. The van der Waals surface area contributed by atoms with Crippen molar-refractivity contribution >= 4 is 11.1 Å². The number of para-hydroxylation sites is 2. The van der Waals surface area contributed by atoms with Crippen LogP contribution in [0.25, 0.3) is 11.1 Å². The van der Waals surface area contributed by atoms with Crippen LogP contribution in [-0.2, 0) is 12.8 Å². The van der Waals surface area contributed by atoms with Gasteiger partial charge in [-0.25, -0.2) is 4.98 Å². The van der Waals surface area contributed by atoms with Crippen molar-refractivity contribution in [3.8, 4) is 0 Å². The molecule has 1 aromatic carbocycles. The SMILES string of the molecule is CCc1occc1C(Cc1nc2ccccc2o1)NC. The molecule has 4 heteroatoms. The molecule has 3 aromatic rings. The molecular weight excluding hydrogens is 252 g/mol. The second-order valence-corrected chi connectivity index (χ2v) is 4.77. The molecule has 104 valence electrons. The van der Waals surface area contributed by atoms with Gasteiger partial charge in [-0.1, -0.05) is 19.1 Å². The van der Waals surface area contributed by atoms with Gasteiger partial charge in [-0.05, 0) is 25.2 Å². The van der Waals surface area contributed by atoms with Gasteiger partial charge in [0.1, 0.15) is 11.3 Å². The topological polar surface area (TPSA) is 51.2 Å². The van der Waals surface area contributed by atoms with Gasteiger partial charge in [-0.15, -0.1) is 0 Å². The molecular formula is C16H18N2O2. The maximum Gasteiger partial charge on any atom is 0.197 e. The quantitative estimate of drug-likeness (QED) is 0.771. The van der Waals surface area contributed by atoms with E-state index >= 15 is 0 Å². The predicted octanol–water partition coefficient (Wildman–Crippen LogP) is 3.49. The van der Waals surface area contributed by atoms with E-state index in [-0.39, 0.29) is 6.04 Å². The first-order chi connectivity index (χ1) is 9.81. The summed E-state index contributed by atoms with van der Waals surface area (Å²) in [4.78, 5) is 4.53. The second kappa shape index (κ2) is 5.51. The second-order valence-electron chi connectivity index (χ2n) is 4.77. The minimum absolute atomic E-state index is 0.150. The summed E-state index contributed by atoms with van der Waals surface area (Å²) in [6.45, 7) is 2.09. The summed E-state index contributed by atoms with van der Waals surface area (Å²) in [5.74, 6) is 1.76. The normalized spacial score (nSPS) is 12.9. The van der Waals surface area contributed by atoms with Crippen LogP contribution in [0.5, 0.6) is 0 Å². The first kappa shape index (κ1) is 12.9. The number of aryl methyl sites for hydroxylation is 1. The Hall–Kier alpha value is -2.07. The molecule has 0 bridgehead atoms. The van der Waals surface area contributed by atoms with Crippen molar-refractivity contribution in [1.82, 2.24) is 10.3 Å². The van der Waals surface area contributed by atoms with Crippen LogP contribution < -0.4 is 5.32 Å². The molecule has 0 amide bonds. The van der Waals surface area contributed by atoms with E-state index in [1.807, 2.05) is 37.4 Å². The van der Waals surface area contributed by atoms with Gasteiger partial charge in [0, 0.05) is 24.4 Å². The number of hydrogen-bond donors (Lipinski definition) is 1. The van der Waals surface area contributed by atoms with Crippen LogP contribution in [0.1, 0.15) is 30.2 Å². The van der Waals surface area contributed by atoms with Crippen LogP contribution in [0.15, 0.2) is 45.4 Å². The lowest BCUT2D eigenvalue weighted by Gasteiger charge is -2.13. The Bertz CT molecular complexity index is 666. The molecule has 0 radical (unpaired) electrons. The van der Waals surface area contributed by atoms with Gasteiger partial charge in [0.2, 0.25) is 0 Å². The van der Waals surface area contributed by atoms with E-state index in [0.29, 0.717) is 6.42 Å². The molecule has 3 rings (SSSR count). The fourth-order valence-electron chi connectivity index (χ4n) is 2.50. The first-order valence-corrected chi connectivity index (χ1v) is 6.89. The zero-order valence-corrected chi connectivity index (χ0v) is 11.7. The number of oxazole rings is 1. The molecule has 1 unspecified atom stereocenters. The number of rotatable bonds is 5. The van der Waals surface area contributed by atoms with Gasteiger partial charge >= 0.3 is 0 Å². The third-order valence-electron chi connectivity index (χ3n) is 3.54. The van der Waals surface area contributed by atoms with Crippen LogP contribution in [0.3, 0.4) is 0 Å². The van der Waals surface area contributed by atoms with Gasteiger partial charge in [0.25, 0.3) is 0 Å². The summed E-state index contributed by atoms with van der Waals surface area (Å²) in [6.07, 6.45) is 3.33. The molecule has 0 aliphatic carbocycles. The van der Waals surface area contributed by atoms with Crippen LogP contribution in [0, 0.1) is 0 Å². The fourth-order valence-corrected chi connectivity index (χ4v) is 2.50. The van der Waals surface area contributed by atoms with E-state index in [0.717, 1.165) is 29.2 Å². The average Bonchev–Trinajstić information content (AvgIpc) is 3.10. The number of aromatic nitrogens is 1. The highest BCUT2D eigenvalue weighted by atomic mass is 16.3. The minimum Gasteiger partial charge on any atom is -0.469 e. The molecule has 0 saturated carbocycles. The Morgan fingerprint density at radius 3 is 2.85 bits per heavy atom. The Morgan fingerprint density at radius 2 is 2.10 bits per heavy atom. The number of nitrogens with one attached hydrogen (secondary N) is 1. The summed E-state index contributed by atoms with van der Waals surface area (Å²) in [5.41, 5.74) is 2.91. The minimum atomic E-state index is 0.150. The lowest BCUT2D eigenvalue weighted by molar-refractivity contribution is 0.459. The van der Waals surface area contributed by atoms with Crippen molar-refractivity contribution < 1.29 is 8.83 Å². The Labute approximate surface area is 117 Å². The highest BCUT2D eigenvalue weighted by Crippen LogP contribution is 2.24. The molecule has 0 aliphatic heterocycles. The lowest BCUT2D eigenvalue weighted by Crippen LogP contribution is -2.19. The molecule has 0 fully saturated rings. The molecule has 1 N–H and O–H groups in total. The molecule has 4 nitrogen and oxygen atoms in total. The molecule has 2 aromatic heterocycles. The highest BCUT2D eigenvalue weighted by Gasteiger charge is 2.18. The van der Waals surface area contributed by atoms with Crippen molar-refractivity contribution in [3.05, 3.63) is 53.8 Å². The van der Waals surface area contributed by atoms with Gasteiger partial charge in [-0.3, -0.25) is 0 Å². The highest BCUT2D eigenvalue weighted by molar-refractivity contribution is 5.72. The first-order valence-electron chi connectivity index (χ1n) is 6.89. The van der Waals surface area contributed by atoms with Crippen LogP contribution in [-0.4, -0.2) is 12.0 Å². The number of benzene rings is 1. The van der Waals surface area contributed by atoms with Crippen LogP contribution in [0.4, 0.5) is 0 Å². The van der Waals surface area contributed by atoms with Crippen molar-refractivity contribution in [2.24, 2.45) is 0 Å². The molecule has 20 heavy (non-hydrogen) atoms. The van der Waals surface area contributed by atoms with Gasteiger partial charge in [0.05, 0.1) is 6.26 Å². The number of hydrogen-bond acceptors (Lipinski definition) is 4. The maximum atomic E-state index is 5.79. The lowest BCUT2D eigenvalue weighted by atomic mass is 10.0. The third-order valence-corrected chi connectivity index (χ3v) is 3.54. The number of likely N-dealkylation sites (N-methyl/N-ethyl adjacent to an activating group) is 1. The fraction of sp³-hybridized carbons (Fsp3) is 0.312. The van der Waals surface area contributed by atoms with Gasteiger partial charge in [0.15, 0.2) is 11.5 Å². The molecule has 1 atom stereocenters. The van der Waals surface area contributed by atoms with Crippen LogP contribution in [0.2, 0.25) is 0 Å². The van der Waals surface area contributed by atoms with E-state index in [9.17, 15) is 0 Å². The van der Waals surface area contributed by atoms with E-state index in [2.05, 4.69) is 17.2 Å². The van der Waals surface area contributed by atoms with Gasteiger partial charge in [-0.2, -0.15) is 0 Å². The molecule has 0 aliphatic rings. The number of fused-ring (bicyclic) bond motifs is 1. The molecule has 0 saturated heterocycles. The summed E-state index contributed by atoms with van der Waals surface area (Å²) in [7, 11) is 1.94. The summed E-state index contributed by atoms with van der Waals surface area (Å²) in [6, 6.07) is 9.99. The number of furan rings is 1. The van der Waals surface area contributed by atoms with Crippen molar-refractivity contribution in [2.75, 3.05) is 7.05 Å². The van der Waals surface area contributed by atoms with Crippen molar-refractivity contribution in [1.29, 1.82) is 0 Å². The Morgan fingerprint density at radius 1 is 1.25 bits per heavy atom. The zero-order valence-electron chi connectivity index (χ0n) is 11.7. The van der Waals surface area contributed by atoms with Crippen LogP contribution >= 0.6 is 0 Å². The number of nitrogens with zero attached hydrogens (tertiary/aromatic N) is 1. The Balaban J connectivity index is 1.87. The standard InChI is InChI=1S/C16H18N2O2/c1-3-14-11(8-9-19-14)13(17-2)10-16-18-12-6-4-5-7-15(12)20-16/h4-9,13,17H,3,10H2,1-2H3. The summed E-state index contributed by atoms with van der Waals surface area (Å²) in [5, 5.41) is 3.31. The van der Waals surface area contributed by atoms with E-state index in [1.54, 1.807) is 6.26 Å². The monoisotopic (exact) mass is 270 g/mol. The smallest absolute Gasteiger partial charge is 0.197 e. The van der Waals surface area contributed by atoms with E-state index in [1.165, 1.54) is 5.56 Å². The average molecular weight is 270 g/mol. The maximum absolute atomic E-state index is 5.79.